The zero-order valence-corrected chi connectivity index (χ0v) is 14.0. The minimum absolute atomic E-state index is 0.0222. The first kappa shape index (κ1) is 15.9. The van der Waals surface area contributed by atoms with E-state index in [1.165, 1.54) is 4.88 Å². The molecule has 1 fully saturated rings. The molecule has 3 unspecified atom stereocenters. The van der Waals surface area contributed by atoms with Crippen molar-refractivity contribution < 1.29 is 9.53 Å². The van der Waals surface area contributed by atoms with Crippen molar-refractivity contribution in [1.29, 1.82) is 0 Å². The number of halogens is 1. The van der Waals surface area contributed by atoms with E-state index in [0.29, 0.717) is 19.8 Å². The minimum Gasteiger partial charge on any atom is -0.378 e. The van der Waals surface area contributed by atoms with Gasteiger partial charge in [-0.15, -0.1) is 11.3 Å². The fraction of sp³-hybridized carbons (Fsp3) is 0.615. The van der Waals surface area contributed by atoms with E-state index in [1.54, 1.807) is 18.4 Å². The second-order valence-electron chi connectivity index (χ2n) is 4.91. The van der Waals surface area contributed by atoms with Crippen LogP contribution in [0.25, 0.3) is 0 Å². The van der Waals surface area contributed by atoms with Gasteiger partial charge in [0.25, 0.3) is 0 Å². The van der Waals surface area contributed by atoms with Gasteiger partial charge in [0.2, 0.25) is 5.91 Å². The van der Waals surface area contributed by atoms with Gasteiger partial charge >= 0.3 is 0 Å². The van der Waals surface area contributed by atoms with E-state index in [-0.39, 0.29) is 24.0 Å². The van der Waals surface area contributed by atoms with Gasteiger partial charge < -0.3 is 15.8 Å². The zero-order valence-electron chi connectivity index (χ0n) is 11.6. The third kappa shape index (κ3) is 3.40. The van der Waals surface area contributed by atoms with E-state index in [1.807, 2.05) is 12.3 Å². The van der Waals surface area contributed by atoms with Crippen molar-refractivity contribution in [3.05, 3.63) is 20.8 Å². The number of ether oxygens (including phenoxy) is 1. The lowest BCUT2D eigenvalue weighted by atomic mass is 10.0. The van der Waals surface area contributed by atoms with Crippen molar-refractivity contribution in [3.8, 4) is 0 Å². The lowest BCUT2D eigenvalue weighted by molar-refractivity contribution is -0.134. The van der Waals surface area contributed by atoms with Gasteiger partial charge in [0.15, 0.2) is 0 Å². The molecule has 2 rings (SSSR count). The predicted molar refractivity (Wildman–Crippen MR) is 83.8 cm³/mol. The van der Waals surface area contributed by atoms with Crippen LogP contribution in [-0.2, 0) is 9.53 Å². The molecule has 1 amide bonds. The number of nitrogens with zero attached hydrogens (tertiary/aromatic N) is 1. The number of nitrogens with one attached hydrogen (secondary N) is 1. The Hall–Kier alpha value is -0.470. The van der Waals surface area contributed by atoms with E-state index >= 15 is 0 Å². The van der Waals surface area contributed by atoms with Crippen molar-refractivity contribution in [1.82, 2.24) is 10.2 Å². The van der Waals surface area contributed by atoms with E-state index in [9.17, 15) is 4.79 Å². The van der Waals surface area contributed by atoms with Crippen molar-refractivity contribution in [3.63, 3.8) is 0 Å². The van der Waals surface area contributed by atoms with Crippen molar-refractivity contribution >= 4 is 33.2 Å². The van der Waals surface area contributed by atoms with Gasteiger partial charge in [0, 0.05) is 34.4 Å². The molecule has 0 radical (unpaired) electrons. The van der Waals surface area contributed by atoms with Crippen LogP contribution in [-0.4, -0.2) is 49.7 Å². The van der Waals surface area contributed by atoms with Gasteiger partial charge in [0.1, 0.15) is 6.04 Å². The van der Waals surface area contributed by atoms with Crippen LogP contribution in [0.15, 0.2) is 15.9 Å². The Morgan fingerprint density at radius 2 is 2.45 bits per heavy atom. The molecule has 1 aliphatic heterocycles. The summed E-state index contributed by atoms with van der Waals surface area (Å²) in [7, 11) is 1.65. The molecule has 0 saturated carbocycles. The van der Waals surface area contributed by atoms with Crippen LogP contribution < -0.4 is 11.1 Å². The average molecular weight is 362 g/mol. The number of morpholine rings is 1. The fourth-order valence-electron chi connectivity index (χ4n) is 2.55. The Bertz CT molecular complexity index is 466. The molecule has 0 bridgehead atoms. The third-order valence-corrected chi connectivity index (χ3v) is 5.22. The number of thiophene rings is 1. The summed E-state index contributed by atoms with van der Waals surface area (Å²) in [4.78, 5) is 15.4. The summed E-state index contributed by atoms with van der Waals surface area (Å²) in [6, 6.07) is 1.75. The Balaban J connectivity index is 2.28. The zero-order chi connectivity index (χ0) is 14.7. The standard InChI is InChI=1S/C13H20BrN3O2S/c1-8(15)12(11-5-9(14)7-20-11)17-3-4-19-6-10(17)13(18)16-2/h5,7-8,10,12H,3-4,6,15H2,1-2H3,(H,16,18). The topological polar surface area (TPSA) is 67.6 Å². The van der Waals surface area contributed by atoms with E-state index in [0.717, 1.165) is 4.47 Å². The monoisotopic (exact) mass is 361 g/mol. The minimum atomic E-state index is -0.286. The summed E-state index contributed by atoms with van der Waals surface area (Å²) in [6.45, 7) is 3.73. The number of hydrogen-bond acceptors (Lipinski definition) is 5. The van der Waals surface area contributed by atoms with Gasteiger partial charge in [-0.05, 0) is 28.9 Å². The Kier molecular flexibility index (Phi) is 5.57. The summed E-state index contributed by atoms with van der Waals surface area (Å²) in [5.74, 6) is -0.0222. The molecule has 1 aromatic heterocycles. The molecule has 112 valence electrons. The molecular weight excluding hydrogens is 342 g/mol. The second-order valence-corrected chi connectivity index (χ2v) is 6.77. The first-order valence-electron chi connectivity index (χ1n) is 6.59. The largest absolute Gasteiger partial charge is 0.378 e. The second kappa shape index (κ2) is 7.00. The number of amides is 1. The van der Waals surface area contributed by atoms with Crippen LogP contribution in [0.4, 0.5) is 0 Å². The number of likely N-dealkylation sites (N-methyl/N-ethyl adjacent to an activating group) is 1. The molecule has 0 aliphatic carbocycles. The Morgan fingerprint density at radius 3 is 3.00 bits per heavy atom. The van der Waals surface area contributed by atoms with Gasteiger partial charge in [-0.25, -0.2) is 0 Å². The van der Waals surface area contributed by atoms with Gasteiger partial charge in [-0.2, -0.15) is 0 Å². The molecule has 1 aliphatic rings. The van der Waals surface area contributed by atoms with Crippen LogP contribution in [0.3, 0.4) is 0 Å². The number of carbonyl (C=O) groups excluding carboxylic acids is 1. The van der Waals surface area contributed by atoms with E-state index < -0.39 is 0 Å². The van der Waals surface area contributed by atoms with Crippen LogP contribution in [0.1, 0.15) is 17.8 Å². The summed E-state index contributed by atoms with van der Waals surface area (Å²) < 4.78 is 6.51. The maximum absolute atomic E-state index is 12.1. The first-order valence-corrected chi connectivity index (χ1v) is 8.26. The quantitative estimate of drug-likeness (QED) is 0.849. The van der Waals surface area contributed by atoms with Crippen molar-refractivity contribution in [2.45, 2.75) is 25.0 Å². The normalized spacial score (nSPS) is 23.3. The van der Waals surface area contributed by atoms with Crippen LogP contribution >= 0.6 is 27.3 Å². The third-order valence-electron chi connectivity index (χ3n) is 3.45. The molecule has 0 spiro atoms. The van der Waals surface area contributed by atoms with Gasteiger partial charge in [-0.1, -0.05) is 0 Å². The molecule has 3 atom stereocenters. The van der Waals surface area contributed by atoms with Crippen LogP contribution in [0.2, 0.25) is 0 Å². The van der Waals surface area contributed by atoms with E-state index in [2.05, 4.69) is 32.2 Å². The van der Waals surface area contributed by atoms with Gasteiger partial charge in [-0.3, -0.25) is 9.69 Å². The fourth-order valence-corrected chi connectivity index (χ4v) is 4.23. The lowest BCUT2D eigenvalue weighted by Gasteiger charge is -2.41. The lowest BCUT2D eigenvalue weighted by Crippen LogP contribution is -2.56. The number of carbonyl (C=O) groups is 1. The molecule has 0 aromatic carbocycles. The first-order chi connectivity index (χ1) is 9.54. The molecule has 5 nitrogen and oxygen atoms in total. The number of hydrogen-bond donors (Lipinski definition) is 2. The molecule has 1 aromatic rings. The molecule has 7 heteroatoms. The summed E-state index contributed by atoms with van der Waals surface area (Å²) in [5, 5.41) is 4.75. The van der Waals surface area contributed by atoms with Crippen molar-refractivity contribution in [2.24, 2.45) is 5.73 Å². The predicted octanol–water partition coefficient (Wildman–Crippen LogP) is 1.35. The summed E-state index contributed by atoms with van der Waals surface area (Å²) in [5.41, 5.74) is 6.19. The molecule has 3 N–H and O–H groups in total. The Labute approximate surface area is 131 Å². The highest BCUT2D eigenvalue weighted by molar-refractivity contribution is 9.10. The number of nitrogens with two attached hydrogens (primary N) is 1. The highest BCUT2D eigenvalue weighted by Gasteiger charge is 2.36. The maximum Gasteiger partial charge on any atom is 0.239 e. The Morgan fingerprint density at radius 1 is 1.70 bits per heavy atom. The SMILES string of the molecule is CNC(=O)C1COCCN1C(c1cc(Br)cs1)C(C)N. The molecular formula is C13H20BrN3O2S. The van der Waals surface area contributed by atoms with Gasteiger partial charge in [0.05, 0.1) is 19.3 Å². The van der Waals surface area contributed by atoms with Crippen molar-refractivity contribution in [2.75, 3.05) is 26.8 Å². The summed E-state index contributed by atoms with van der Waals surface area (Å²) >= 11 is 5.14. The van der Waals surface area contributed by atoms with Crippen LogP contribution in [0, 0.1) is 0 Å². The highest BCUT2D eigenvalue weighted by atomic mass is 79.9. The smallest absolute Gasteiger partial charge is 0.239 e. The average Bonchev–Trinajstić information content (AvgIpc) is 2.84. The molecule has 1 saturated heterocycles. The maximum atomic E-state index is 12.1. The van der Waals surface area contributed by atoms with E-state index in [4.69, 9.17) is 10.5 Å². The highest BCUT2D eigenvalue weighted by Crippen LogP contribution is 2.33. The summed E-state index contributed by atoms with van der Waals surface area (Å²) in [6.07, 6.45) is 0. The number of rotatable bonds is 4. The van der Waals surface area contributed by atoms with Crippen LogP contribution in [0.5, 0.6) is 0 Å². The molecule has 2 heterocycles. The molecule has 20 heavy (non-hydrogen) atoms.